The highest BCUT2D eigenvalue weighted by molar-refractivity contribution is 9.10. The van der Waals surface area contributed by atoms with Gasteiger partial charge in [-0.3, -0.25) is 0 Å². The second kappa shape index (κ2) is 6.17. The summed E-state index contributed by atoms with van der Waals surface area (Å²) in [4.78, 5) is 0. The molecule has 1 N–H and O–H groups in total. The Hall–Kier alpha value is -1.12. The van der Waals surface area contributed by atoms with Crippen molar-refractivity contribution in [3.05, 3.63) is 69.7 Å². The van der Waals surface area contributed by atoms with Crippen LogP contribution in [-0.2, 0) is 6.42 Å². The summed E-state index contributed by atoms with van der Waals surface area (Å²) in [6.07, 6.45) is 1.01. The molecule has 1 unspecified atom stereocenters. The number of hydrogen-bond acceptors (Lipinski definition) is 1. The molecule has 0 amide bonds. The summed E-state index contributed by atoms with van der Waals surface area (Å²) >= 11 is 3.55. The van der Waals surface area contributed by atoms with Gasteiger partial charge >= 0.3 is 0 Å². The molecule has 2 aromatic rings. The summed E-state index contributed by atoms with van der Waals surface area (Å²) in [5.74, 6) is 0. The Bertz CT molecular complexity index is 508. The van der Waals surface area contributed by atoms with E-state index in [9.17, 15) is 0 Å². The first-order valence-electron chi connectivity index (χ1n) is 6.18. The van der Waals surface area contributed by atoms with Crippen LogP contribution in [0, 0.1) is 6.92 Å². The van der Waals surface area contributed by atoms with Gasteiger partial charge in [0, 0.05) is 10.5 Å². The molecule has 2 heteroatoms. The van der Waals surface area contributed by atoms with Crippen LogP contribution in [0.25, 0.3) is 0 Å². The molecule has 2 aromatic carbocycles. The van der Waals surface area contributed by atoms with Crippen molar-refractivity contribution in [2.75, 3.05) is 7.05 Å². The van der Waals surface area contributed by atoms with Crippen LogP contribution >= 0.6 is 15.9 Å². The van der Waals surface area contributed by atoms with E-state index in [1.165, 1.54) is 16.7 Å². The SMILES string of the molecule is CNC(Cc1ccccc1)c1cc(Br)ccc1C. The van der Waals surface area contributed by atoms with Crippen molar-refractivity contribution in [1.29, 1.82) is 0 Å². The molecule has 0 aliphatic rings. The Kier molecular flexibility index (Phi) is 4.56. The predicted octanol–water partition coefficient (Wildman–Crippen LogP) is 4.26. The molecule has 0 aromatic heterocycles. The second-order valence-electron chi connectivity index (χ2n) is 4.53. The number of hydrogen-bond donors (Lipinski definition) is 1. The van der Waals surface area contributed by atoms with E-state index in [-0.39, 0.29) is 0 Å². The van der Waals surface area contributed by atoms with E-state index in [2.05, 4.69) is 76.7 Å². The lowest BCUT2D eigenvalue weighted by atomic mass is 9.95. The first-order valence-corrected chi connectivity index (χ1v) is 6.97. The number of nitrogens with one attached hydrogen (secondary N) is 1. The van der Waals surface area contributed by atoms with Crippen molar-refractivity contribution in [3.8, 4) is 0 Å². The molecular weight excluding hydrogens is 286 g/mol. The smallest absolute Gasteiger partial charge is 0.0361 e. The van der Waals surface area contributed by atoms with Crippen molar-refractivity contribution in [2.24, 2.45) is 0 Å². The molecule has 0 saturated carbocycles. The molecular formula is C16H18BrN. The van der Waals surface area contributed by atoms with Gasteiger partial charge in [-0.1, -0.05) is 52.3 Å². The van der Waals surface area contributed by atoms with E-state index in [0.29, 0.717) is 6.04 Å². The minimum absolute atomic E-state index is 0.352. The molecule has 0 aliphatic heterocycles. The highest BCUT2D eigenvalue weighted by Crippen LogP contribution is 2.24. The molecule has 2 rings (SSSR count). The lowest BCUT2D eigenvalue weighted by Crippen LogP contribution is -2.19. The van der Waals surface area contributed by atoms with Crippen LogP contribution in [0.4, 0.5) is 0 Å². The number of benzene rings is 2. The van der Waals surface area contributed by atoms with Crippen molar-refractivity contribution in [2.45, 2.75) is 19.4 Å². The number of rotatable bonds is 4. The zero-order valence-electron chi connectivity index (χ0n) is 10.8. The molecule has 0 heterocycles. The molecule has 0 fully saturated rings. The van der Waals surface area contributed by atoms with E-state index in [1.54, 1.807) is 0 Å². The van der Waals surface area contributed by atoms with Gasteiger partial charge in [-0.15, -0.1) is 0 Å². The van der Waals surface area contributed by atoms with Crippen LogP contribution in [0.1, 0.15) is 22.7 Å². The summed E-state index contributed by atoms with van der Waals surface area (Å²) in [6.45, 7) is 2.16. The molecule has 94 valence electrons. The standard InChI is InChI=1S/C16H18BrN/c1-12-8-9-14(17)11-15(12)16(18-2)10-13-6-4-3-5-7-13/h3-9,11,16,18H,10H2,1-2H3. The van der Waals surface area contributed by atoms with E-state index in [4.69, 9.17) is 0 Å². The van der Waals surface area contributed by atoms with Gasteiger partial charge in [0.15, 0.2) is 0 Å². The Morgan fingerprint density at radius 3 is 2.50 bits per heavy atom. The first-order chi connectivity index (χ1) is 8.70. The van der Waals surface area contributed by atoms with Gasteiger partial charge in [0.2, 0.25) is 0 Å². The van der Waals surface area contributed by atoms with E-state index in [1.807, 2.05) is 7.05 Å². The minimum Gasteiger partial charge on any atom is -0.313 e. The molecule has 0 spiro atoms. The van der Waals surface area contributed by atoms with Gasteiger partial charge in [0.1, 0.15) is 0 Å². The topological polar surface area (TPSA) is 12.0 Å². The van der Waals surface area contributed by atoms with Gasteiger partial charge in [-0.05, 0) is 49.2 Å². The average Bonchev–Trinajstić information content (AvgIpc) is 2.40. The zero-order valence-corrected chi connectivity index (χ0v) is 12.4. The quantitative estimate of drug-likeness (QED) is 0.890. The highest BCUT2D eigenvalue weighted by atomic mass is 79.9. The average molecular weight is 304 g/mol. The van der Waals surface area contributed by atoms with Crippen LogP contribution in [0.2, 0.25) is 0 Å². The molecule has 0 saturated heterocycles. The second-order valence-corrected chi connectivity index (χ2v) is 5.45. The van der Waals surface area contributed by atoms with Gasteiger partial charge in [0.05, 0.1) is 0 Å². The lowest BCUT2D eigenvalue weighted by Gasteiger charge is -2.19. The third kappa shape index (κ3) is 3.21. The van der Waals surface area contributed by atoms with E-state index >= 15 is 0 Å². The summed E-state index contributed by atoms with van der Waals surface area (Å²) in [7, 11) is 2.02. The highest BCUT2D eigenvalue weighted by Gasteiger charge is 2.12. The van der Waals surface area contributed by atoms with Gasteiger partial charge in [0.25, 0.3) is 0 Å². The largest absolute Gasteiger partial charge is 0.313 e. The van der Waals surface area contributed by atoms with Crippen LogP contribution < -0.4 is 5.32 Å². The van der Waals surface area contributed by atoms with Crippen molar-refractivity contribution >= 4 is 15.9 Å². The third-order valence-electron chi connectivity index (χ3n) is 3.25. The zero-order chi connectivity index (χ0) is 13.0. The molecule has 1 atom stereocenters. The number of likely N-dealkylation sites (N-methyl/N-ethyl adjacent to an activating group) is 1. The predicted molar refractivity (Wildman–Crippen MR) is 80.8 cm³/mol. The third-order valence-corrected chi connectivity index (χ3v) is 3.74. The fourth-order valence-electron chi connectivity index (χ4n) is 2.20. The van der Waals surface area contributed by atoms with Crippen molar-refractivity contribution < 1.29 is 0 Å². The summed E-state index contributed by atoms with van der Waals surface area (Å²) < 4.78 is 1.14. The fourth-order valence-corrected chi connectivity index (χ4v) is 2.58. The molecule has 0 aliphatic carbocycles. The Balaban J connectivity index is 2.26. The maximum atomic E-state index is 3.55. The van der Waals surface area contributed by atoms with Crippen LogP contribution in [0.15, 0.2) is 53.0 Å². The van der Waals surface area contributed by atoms with Crippen molar-refractivity contribution in [3.63, 3.8) is 0 Å². The lowest BCUT2D eigenvalue weighted by molar-refractivity contribution is 0.588. The minimum atomic E-state index is 0.352. The maximum Gasteiger partial charge on any atom is 0.0361 e. The van der Waals surface area contributed by atoms with E-state index in [0.717, 1.165) is 10.9 Å². The van der Waals surface area contributed by atoms with Gasteiger partial charge < -0.3 is 5.32 Å². The summed E-state index contributed by atoms with van der Waals surface area (Å²) in [5.41, 5.74) is 4.04. The Morgan fingerprint density at radius 1 is 1.11 bits per heavy atom. The molecule has 0 bridgehead atoms. The van der Waals surface area contributed by atoms with Gasteiger partial charge in [-0.25, -0.2) is 0 Å². The number of halogens is 1. The molecule has 18 heavy (non-hydrogen) atoms. The Labute approximate surface area is 117 Å². The molecule has 0 radical (unpaired) electrons. The number of aryl methyl sites for hydroxylation is 1. The Morgan fingerprint density at radius 2 is 1.83 bits per heavy atom. The van der Waals surface area contributed by atoms with Crippen LogP contribution in [0.3, 0.4) is 0 Å². The van der Waals surface area contributed by atoms with Crippen molar-refractivity contribution in [1.82, 2.24) is 5.32 Å². The van der Waals surface area contributed by atoms with E-state index < -0.39 is 0 Å². The summed E-state index contributed by atoms with van der Waals surface area (Å²) in [6, 6.07) is 17.4. The maximum absolute atomic E-state index is 3.55. The van der Waals surface area contributed by atoms with Gasteiger partial charge in [-0.2, -0.15) is 0 Å². The van der Waals surface area contributed by atoms with Crippen LogP contribution in [-0.4, -0.2) is 7.05 Å². The first kappa shape index (κ1) is 13.3. The monoisotopic (exact) mass is 303 g/mol. The summed E-state index contributed by atoms with van der Waals surface area (Å²) in [5, 5.41) is 3.41. The fraction of sp³-hybridized carbons (Fsp3) is 0.250. The normalized spacial score (nSPS) is 12.4. The molecule has 1 nitrogen and oxygen atoms in total. The van der Waals surface area contributed by atoms with Crippen LogP contribution in [0.5, 0.6) is 0 Å².